The number of Topliss-reactive ketones (excluding diaryl/α,β-unsaturated/α-hetero) is 1. The number of ketones is 1. The molecule has 6 nitrogen and oxygen atoms in total. The Morgan fingerprint density at radius 1 is 1.28 bits per heavy atom. The van der Waals surface area contributed by atoms with E-state index in [-0.39, 0.29) is 12.0 Å². The van der Waals surface area contributed by atoms with Crippen LogP contribution in [0.15, 0.2) is 30.3 Å². The van der Waals surface area contributed by atoms with Gasteiger partial charge in [0.15, 0.2) is 0 Å². The highest BCUT2D eigenvalue weighted by molar-refractivity contribution is 6.43. The van der Waals surface area contributed by atoms with Crippen LogP contribution in [0, 0.1) is 19.3 Å². The highest BCUT2D eigenvalue weighted by Gasteiger charge is 2.49. The number of amides is 1. The van der Waals surface area contributed by atoms with Crippen LogP contribution in [0.4, 0.5) is 0 Å². The number of carbonyl (C=O) groups is 2. The summed E-state index contributed by atoms with van der Waals surface area (Å²) in [6, 6.07) is 9.41. The fraction of sp³-hybridized carbons (Fsp3) is 0.421. The number of aliphatic hydroxyl groups is 1. The summed E-state index contributed by atoms with van der Waals surface area (Å²) in [5.74, 6) is -1.22. The molecule has 2 N–H and O–H groups in total. The molecule has 1 atom stereocenters. The molecule has 1 saturated carbocycles. The molecular weight excluding hydrogens is 318 g/mol. The maximum absolute atomic E-state index is 12.4. The highest BCUT2D eigenvalue weighted by Crippen LogP contribution is 2.54. The van der Waals surface area contributed by atoms with Gasteiger partial charge >= 0.3 is 0 Å². The van der Waals surface area contributed by atoms with Crippen molar-refractivity contribution in [2.45, 2.75) is 32.8 Å². The first kappa shape index (κ1) is 17.4. The average molecular weight is 341 g/mol. The maximum Gasteiger partial charge on any atom is 0.292 e. The van der Waals surface area contributed by atoms with E-state index in [4.69, 9.17) is 0 Å². The summed E-state index contributed by atoms with van der Waals surface area (Å²) in [5, 5.41) is 17.5. The Morgan fingerprint density at radius 2 is 1.92 bits per heavy atom. The Kier molecular flexibility index (Phi) is 4.47. The zero-order valence-corrected chi connectivity index (χ0v) is 14.7. The molecular formula is C19H23N3O3. The van der Waals surface area contributed by atoms with Crippen molar-refractivity contribution in [3.05, 3.63) is 52.8 Å². The minimum atomic E-state index is -0.647. The Bertz CT molecular complexity index is 807. The smallest absolute Gasteiger partial charge is 0.292 e. The number of benzene rings is 1. The van der Waals surface area contributed by atoms with E-state index in [1.54, 1.807) is 25.6 Å². The first-order chi connectivity index (χ1) is 11.9. The van der Waals surface area contributed by atoms with E-state index < -0.39 is 17.8 Å². The van der Waals surface area contributed by atoms with Crippen molar-refractivity contribution in [3.8, 4) is 0 Å². The predicted octanol–water partition coefficient (Wildman–Crippen LogP) is 1.85. The molecule has 1 amide bonds. The van der Waals surface area contributed by atoms with Crippen LogP contribution in [-0.2, 0) is 11.8 Å². The van der Waals surface area contributed by atoms with E-state index in [1.807, 2.05) is 30.3 Å². The second kappa shape index (κ2) is 6.44. The van der Waals surface area contributed by atoms with E-state index in [0.717, 1.165) is 18.4 Å². The highest BCUT2D eigenvalue weighted by atomic mass is 16.3. The lowest BCUT2D eigenvalue weighted by molar-refractivity contribution is -0.117. The Morgan fingerprint density at radius 3 is 2.44 bits per heavy atom. The summed E-state index contributed by atoms with van der Waals surface area (Å²) in [7, 11) is 1.74. The Hall–Kier alpha value is -2.47. The quantitative estimate of drug-likeness (QED) is 0.620. The fourth-order valence-corrected chi connectivity index (χ4v) is 3.25. The van der Waals surface area contributed by atoms with E-state index in [9.17, 15) is 14.7 Å². The third-order valence-electron chi connectivity index (χ3n) is 5.13. The number of aryl methyl sites for hydroxylation is 2. The summed E-state index contributed by atoms with van der Waals surface area (Å²) >= 11 is 0. The van der Waals surface area contributed by atoms with Crippen molar-refractivity contribution in [2.24, 2.45) is 12.5 Å². The molecule has 0 radical (unpaired) electrons. The molecule has 0 bridgehead atoms. The van der Waals surface area contributed by atoms with Gasteiger partial charge in [0.25, 0.3) is 11.7 Å². The van der Waals surface area contributed by atoms with Gasteiger partial charge < -0.3 is 10.4 Å². The number of rotatable bonds is 6. The summed E-state index contributed by atoms with van der Waals surface area (Å²) in [4.78, 5) is 24.8. The van der Waals surface area contributed by atoms with Gasteiger partial charge in [0, 0.05) is 24.7 Å². The van der Waals surface area contributed by atoms with Crippen LogP contribution >= 0.6 is 0 Å². The van der Waals surface area contributed by atoms with Gasteiger partial charge in [-0.2, -0.15) is 5.10 Å². The SMILES string of the molecule is Cc1nn(C)c(C)c1C(=O)C(=O)NCC1(C(O)c2ccccc2)CC1. The monoisotopic (exact) mass is 341 g/mol. The first-order valence-electron chi connectivity index (χ1n) is 8.41. The van der Waals surface area contributed by atoms with Crippen molar-refractivity contribution >= 4 is 11.7 Å². The summed E-state index contributed by atoms with van der Waals surface area (Å²) < 4.78 is 1.59. The molecule has 1 fully saturated rings. The topological polar surface area (TPSA) is 84.2 Å². The Balaban J connectivity index is 1.67. The minimum Gasteiger partial charge on any atom is -0.388 e. The number of nitrogens with one attached hydrogen (secondary N) is 1. The molecule has 6 heteroatoms. The molecule has 0 saturated heterocycles. The van der Waals surface area contributed by atoms with Gasteiger partial charge in [0.2, 0.25) is 0 Å². The van der Waals surface area contributed by atoms with Crippen LogP contribution in [0.3, 0.4) is 0 Å². The number of carbonyl (C=O) groups excluding carboxylic acids is 2. The largest absolute Gasteiger partial charge is 0.388 e. The molecule has 2 aromatic rings. The van der Waals surface area contributed by atoms with Gasteiger partial charge in [-0.15, -0.1) is 0 Å². The molecule has 132 valence electrons. The van der Waals surface area contributed by atoms with E-state index in [0.29, 0.717) is 17.0 Å². The zero-order valence-electron chi connectivity index (χ0n) is 14.7. The normalized spacial score (nSPS) is 16.3. The summed E-state index contributed by atoms with van der Waals surface area (Å²) in [6.45, 7) is 3.77. The van der Waals surface area contributed by atoms with Crippen LogP contribution in [0.25, 0.3) is 0 Å². The molecule has 1 unspecified atom stereocenters. The van der Waals surface area contributed by atoms with E-state index >= 15 is 0 Å². The molecule has 25 heavy (non-hydrogen) atoms. The second-order valence-corrected chi connectivity index (χ2v) is 6.86. The molecule has 1 aliphatic rings. The maximum atomic E-state index is 12.4. The van der Waals surface area contributed by atoms with Crippen LogP contribution in [-0.4, -0.2) is 33.1 Å². The molecule has 1 aliphatic carbocycles. The third kappa shape index (κ3) is 3.22. The number of nitrogens with zero attached hydrogens (tertiary/aromatic N) is 2. The minimum absolute atomic E-state index is 0.284. The molecule has 0 spiro atoms. The van der Waals surface area contributed by atoms with E-state index in [1.165, 1.54) is 0 Å². The number of aliphatic hydroxyl groups excluding tert-OH is 1. The van der Waals surface area contributed by atoms with Gasteiger partial charge in [-0.1, -0.05) is 30.3 Å². The molecule has 1 heterocycles. The standard InChI is InChI=1S/C19H23N3O3/c1-12-15(13(2)22(3)21-12)16(23)18(25)20-11-19(9-10-19)17(24)14-7-5-4-6-8-14/h4-8,17,24H,9-11H2,1-3H3,(H,20,25). The van der Waals surface area contributed by atoms with Crippen molar-refractivity contribution in [1.82, 2.24) is 15.1 Å². The number of hydrogen-bond donors (Lipinski definition) is 2. The van der Waals surface area contributed by atoms with Gasteiger partial charge in [-0.25, -0.2) is 0 Å². The lowest BCUT2D eigenvalue weighted by atomic mass is 9.92. The van der Waals surface area contributed by atoms with Gasteiger partial charge in [-0.3, -0.25) is 14.3 Å². The van der Waals surface area contributed by atoms with Crippen molar-refractivity contribution < 1.29 is 14.7 Å². The van der Waals surface area contributed by atoms with Gasteiger partial charge in [0.05, 0.1) is 17.4 Å². The zero-order chi connectivity index (χ0) is 18.2. The van der Waals surface area contributed by atoms with Crippen LogP contribution in [0.2, 0.25) is 0 Å². The summed E-state index contributed by atoms with van der Waals surface area (Å²) in [6.07, 6.45) is 0.997. The first-order valence-corrected chi connectivity index (χ1v) is 8.41. The molecule has 1 aromatic heterocycles. The summed E-state index contributed by atoms with van der Waals surface area (Å²) in [5.41, 5.74) is 2.03. The van der Waals surface area contributed by atoms with Crippen molar-refractivity contribution in [2.75, 3.05) is 6.54 Å². The number of aromatic nitrogens is 2. The average Bonchev–Trinajstić information content (AvgIpc) is 3.35. The predicted molar refractivity (Wildman–Crippen MR) is 93.1 cm³/mol. The molecule has 3 rings (SSSR count). The molecule has 0 aliphatic heterocycles. The van der Waals surface area contributed by atoms with Gasteiger partial charge in [0.1, 0.15) is 0 Å². The van der Waals surface area contributed by atoms with Crippen molar-refractivity contribution in [1.29, 1.82) is 0 Å². The van der Waals surface area contributed by atoms with Crippen LogP contribution in [0.5, 0.6) is 0 Å². The van der Waals surface area contributed by atoms with Gasteiger partial charge in [-0.05, 0) is 32.3 Å². The third-order valence-corrected chi connectivity index (χ3v) is 5.13. The number of hydrogen-bond acceptors (Lipinski definition) is 4. The second-order valence-electron chi connectivity index (χ2n) is 6.86. The fourth-order valence-electron chi connectivity index (χ4n) is 3.25. The lowest BCUT2D eigenvalue weighted by Crippen LogP contribution is -2.37. The van der Waals surface area contributed by atoms with Crippen molar-refractivity contribution in [3.63, 3.8) is 0 Å². The van der Waals surface area contributed by atoms with Crippen LogP contribution in [0.1, 0.15) is 46.3 Å². The van der Waals surface area contributed by atoms with Crippen LogP contribution < -0.4 is 5.32 Å². The Labute approximate surface area is 146 Å². The molecule has 1 aromatic carbocycles. The lowest BCUT2D eigenvalue weighted by Gasteiger charge is -2.23. The van der Waals surface area contributed by atoms with E-state index in [2.05, 4.69) is 10.4 Å².